The van der Waals surface area contributed by atoms with Crippen molar-refractivity contribution in [2.24, 2.45) is 5.41 Å². The summed E-state index contributed by atoms with van der Waals surface area (Å²) >= 11 is 1.79. The predicted molar refractivity (Wildman–Crippen MR) is 76.9 cm³/mol. The summed E-state index contributed by atoms with van der Waals surface area (Å²) < 4.78 is 0. The molecule has 1 heterocycles. The number of thiazole rings is 1. The van der Waals surface area contributed by atoms with Gasteiger partial charge in [0.1, 0.15) is 0 Å². The highest BCUT2D eigenvalue weighted by Gasteiger charge is 2.26. The summed E-state index contributed by atoms with van der Waals surface area (Å²) in [6.45, 7) is 12.0. The van der Waals surface area contributed by atoms with Gasteiger partial charge in [-0.1, -0.05) is 20.8 Å². The zero-order chi connectivity index (χ0) is 13.2. The molecule has 0 saturated carbocycles. The molecule has 98 valence electrons. The van der Waals surface area contributed by atoms with E-state index in [9.17, 15) is 0 Å². The van der Waals surface area contributed by atoms with Crippen LogP contribution in [0.4, 0.5) is 5.13 Å². The Morgan fingerprint density at radius 1 is 1.41 bits per heavy atom. The van der Waals surface area contributed by atoms with E-state index in [4.69, 9.17) is 0 Å². The summed E-state index contributed by atoms with van der Waals surface area (Å²) in [6.07, 6.45) is 0. The Hall–Kier alpha value is -0.610. The van der Waals surface area contributed by atoms with Crippen LogP contribution < -0.4 is 10.2 Å². The standard InChI is InChI=1S/C13H25N3S/c1-9-11(8-14-6)17-12(15-9)16(7)10(2)13(3,4)5/h10,14H,8H2,1-7H3. The number of rotatable bonds is 4. The van der Waals surface area contributed by atoms with Gasteiger partial charge in [-0.25, -0.2) is 4.98 Å². The first kappa shape index (κ1) is 14.5. The van der Waals surface area contributed by atoms with Gasteiger partial charge in [0.15, 0.2) is 5.13 Å². The molecule has 1 atom stereocenters. The van der Waals surface area contributed by atoms with Crippen LogP contribution in [0.25, 0.3) is 0 Å². The Labute approximate surface area is 109 Å². The van der Waals surface area contributed by atoms with E-state index in [1.165, 1.54) is 4.88 Å². The molecule has 4 heteroatoms. The fraction of sp³-hybridized carbons (Fsp3) is 0.769. The molecule has 0 aliphatic carbocycles. The molecular weight excluding hydrogens is 230 g/mol. The Balaban J connectivity index is 2.89. The van der Waals surface area contributed by atoms with E-state index in [1.54, 1.807) is 11.3 Å². The Morgan fingerprint density at radius 3 is 2.47 bits per heavy atom. The molecule has 0 aliphatic heterocycles. The molecule has 1 rings (SSSR count). The minimum absolute atomic E-state index is 0.261. The molecule has 0 aliphatic rings. The average molecular weight is 255 g/mol. The largest absolute Gasteiger partial charge is 0.348 e. The highest BCUT2D eigenvalue weighted by molar-refractivity contribution is 7.15. The monoisotopic (exact) mass is 255 g/mol. The molecule has 0 aromatic carbocycles. The topological polar surface area (TPSA) is 28.2 Å². The second-order valence-electron chi connectivity index (χ2n) is 5.69. The Bertz CT molecular complexity index is 365. The number of hydrogen-bond acceptors (Lipinski definition) is 4. The normalized spacial score (nSPS) is 13.8. The van der Waals surface area contributed by atoms with Gasteiger partial charge in [0.2, 0.25) is 0 Å². The first-order chi connectivity index (χ1) is 7.77. The van der Waals surface area contributed by atoms with E-state index in [1.807, 2.05) is 7.05 Å². The lowest BCUT2D eigenvalue weighted by molar-refractivity contribution is 0.329. The third-order valence-electron chi connectivity index (χ3n) is 3.35. The second-order valence-corrected chi connectivity index (χ2v) is 6.75. The summed E-state index contributed by atoms with van der Waals surface area (Å²) in [4.78, 5) is 8.29. The molecular formula is C13H25N3S. The highest BCUT2D eigenvalue weighted by atomic mass is 32.1. The van der Waals surface area contributed by atoms with Crippen LogP contribution in [0.2, 0.25) is 0 Å². The van der Waals surface area contributed by atoms with Crippen LogP contribution in [-0.2, 0) is 6.54 Å². The summed E-state index contributed by atoms with van der Waals surface area (Å²) in [7, 11) is 4.11. The maximum atomic E-state index is 4.67. The summed E-state index contributed by atoms with van der Waals surface area (Å²) in [5, 5.41) is 4.31. The first-order valence-corrected chi connectivity index (χ1v) is 6.92. The molecule has 0 radical (unpaired) electrons. The minimum Gasteiger partial charge on any atom is -0.348 e. The molecule has 0 amide bonds. The Morgan fingerprint density at radius 2 is 2.00 bits per heavy atom. The van der Waals surface area contributed by atoms with Gasteiger partial charge in [-0.15, -0.1) is 11.3 Å². The smallest absolute Gasteiger partial charge is 0.185 e. The average Bonchev–Trinajstić information content (AvgIpc) is 2.57. The van der Waals surface area contributed by atoms with Crippen LogP contribution >= 0.6 is 11.3 Å². The van der Waals surface area contributed by atoms with Crippen LogP contribution in [0, 0.1) is 12.3 Å². The molecule has 0 fully saturated rings. The van der Waals surface area contributed by atoms with Gasteiger partial charge >= 0.3 is 0 Å². The van der Waals surface area contributed by atoms with Crippen LogP contribution in [-0.4, -0.2) is 25.1 Å². The summed E-state index contributed by atoms with van der Waals surface area (Å²) in [5.74, 6) is 0. The van der Waals surface area contributed by atoms with Crippen LogP contribution in [0.3, 0.4) is 0 Å². The van der Waals surface area contributed by atoms with Gasteiger partial charge in [-0.2, -0.15) is 0 Å². The van der Waals surface area contributed by atoms with Gasteiger partial charge in [0.25, 0.3) is 0 Å². The van der Waals surface area contributed by atoms with Gasteiger partial charge < -0.3 is 10.2 Å². The lowest BCUT2D eigenvalue weighted by Crippen LogP contribution is -2.39. The lowest BCUT2D eigenvalue weighted by atomic mass is 9.87. The van der Waals surface area contributed by atoms with Crippen molar-refractivity contribution in [1.82, 2.24) is 10.3 Å². The Kier molecular flexibility index (Phi) is 4.55. The molecule has 1 N–H and O–H groups in total. The SMILES string of the molecule is CNCc1sc(N(C)C(C)C(C)(C)C)nc1C. The van der Waals surface area contributed by atoms with Crippen LogP contribution in [0.15, 0.2) is 0 Å². The minimum atomic E-state index is 0.261. The third-order valence-corrected chi connectivity index (χ3v) is 4.60. The molecule has 17 heavy (non-hydrogen) atoms. The zero-order valence-corrected chi connectivity index (χ0v) is 12.9. The summed E-state index contributed by atoms with van der Waals surface area (Å²) in [5.41, 5.74) is 1.41. The highest BCUT2D eigenvalue weighted by Crippen LogP contribution is 2.31. The van der Waals surface area contributed by atoms with Crippen molar-refractivity contribution in [3.8, 4) is 0 Å². The van der Waals surface area contributed by atoms with Crippen molar-refractivity contribution in [1.29, 1.82) is 0 Å². The number of aromatic nitrogens is 1. The lowest BCUT2D eigenvalue weighted by Gasteiger charge is -2.35. The van der Waals surface area contributed by atoms with E-state index in [2.05, 4.69) is 56.9 Å². The van der Waals surface area contributed by atoms with E-state index in [0.29, 0.717) is 6.04 Å². The fourth-order valence-electron chi connectivity index (χ4n) is 1.63. The van der Waals surface area contributed by atoms with Gasteiger partial charge in [-0.05, 0) is 26.3 Å². The van der Waals surface area contributed by atoms with Crippen molar-refractivity contribution in [2.45, 2.75) is 47.2 Å². The fourth-order valence-corrected chi connectivity index (χ4v) is 2.75. The van der Waals surface area contributed by atoms with Gasteiger partial charge in [0.05, 0.1) is 5.69 Å². The van der Waals surface area contributed by atoms with Crippen molar-refractivity contribution in [2.75, 3.05) is 19.0 Å². The number of hydrogen-bond donors (Lipinski definition) is 1. The van der Waals surface area contributed by atoms with Crippen molar-refractivity contribution in [3.63, 3.8) is 0 Å². The zero-order valence-electron chi connectivity index (χ0n) is 12.1. The molecule has 1 aromatic heterocycles. The molecule has 0 saturated heterocycles. The number of aryl methyl sites for hydroxylation is 1. The maximum absolute atomic E-state index is 4.67. The third kappa shape index (κ3) is 3.42. The van der Waals surface area contributed by atoms with E-state index < -0.39 is 0 Å². The van der Waals surface area contributed by atoms with E-state index in [-0.39, 0.29) is 5.41 Å². The van der Waals surface area contributed by atoms with Gasteiger partial charge in [0, 0.05) is 24.5 Å². The summed E-state index contributed by atoms with van der Waals surface area (Å²) in [6, 6.07) is 0.468. The van der Waals surface area contributed by atoms with Crippen molar-refractivity contribution in [3.05, 3.63) is 10.6 Å². The number of nitrogens with one attached hydrogen (secondary N) is 1. The van der Waals surface area contributed by atoms with Crippen LogP contribution in [0.5, 0.6) is 0 Å². The quantitative estimate of drug-likeness (QED) is 0.896. The van der Waals surface area contributed by atoms with Crippen molar-refractivity contribution < 1.29 is 0 Å². The molecule has 0 spiro atoms. The van der Waals surface area contributed by atoms with E-state index in [0.717, 1.165) is 17.4 Å². The molecule has 1 unspecified atom stereocenters. The maximum Gasteiger partial charge on any atom is 0.185 e. The second kappa shape index (κ2) is 5.36. The van der Waals surface area contributed by atoms with Gasteiger partial charge in [-0.3, -0.25) is 0 Å². The number of anilines is 1. The predicted octanol–water partition coefficient (Wildman–Crippen LogP) is 3.04. The molecule has 3 nitrogen and oxygen atoms in total. The first-order valence-electron chi connectivity index (χ1n) is 6.11. The molecule has 0 bridgehead atoms. The van der Waals surface area contributed by atoms with Crippen LogP contribution in [0.1, 0.15) is 38.3 Å². The number of nitrogens with zero attached hydrogens (tertiary/aromatic N) is 2. The molecule has 1 aromatic rings. The van der Waals surface area contributed by atoms with E-state index >= 15 is 0 Å². The van der Waals surface area contributed by atoms with Crippen molar-refractivity contribution >= 4 is 16.5 Å².